The molecule has 0 aliphatic carbocycles. The SMILES string of the molecule is CC(CNC1CN2CCC1CC2)CN1CCCC1. The van der Waals surface area contributed by atoms with Crippen molar-refractivity contribution in [2.45, 2.75) is 38.6 Å². The molecule has 0 amide bonds. The van der Waals surface area contributed by atoms with E-state index in [1.807, 2.05) is 0 Å². The van der Waals surface area contributed by atoms with Crippen LogP contribution in [0.25, 0.3) is 0 Å². The summed E-state index contributed by atoms with van der Waals surface area (Å²) in [6.07, 6.45) is 5.69. The quantitative estimate of drug-likeness (QED) is 0.797. The monoisotopic (exact) mass is 251 g/mol. The number of nitrogens with one attached hydrogen (secondary N) is 1. The molecular weight excluding hydrogens is 222 g/mol. The third kappa shape index (κ3) is 3.06. The Bertz CT molecular complexity index is 254. The average Bonchev–Trinajstić information content (AvgIpc) is 2.91. The lowest BCUT2D eigenvalue weighted by atomic mass is 9.84. The molecule has 4 saturated heterocycles. The van der Waals surface area contributed by atoms with Crippen molar-refractivity contribution in [2.75, 3.05) is 45.8 Å². The smallest absolute Gasteiger partial charge is 0.0224 e. The van der Waals surface area contributed by atoms with Gasteiger partial charge < -0.3 is 15.1 Å². The summed E-state index contributed by atoms with van der Waals surface area (Å²) in [5, 5.41) is 3.86. The van der Waals surface area contributed by atoms with Crippen molar-refractivity contribution in [1.29, 1.82) is 0 Å². The van der Waals surface area contributed by atoms with Gasteiger partial charge in [0.15, 0.2) is 0 Å². The van der Waals surface area contributed by atoms with Crippen LogP contribution in [-0.4, -0.2) is 61.7 Å². The van der Waals surface area contributed by atoms with Gasteiger partial charge in [-0.25, -0.2) is 0 Å². The van der Waals surface area contributed by atoms with Crippen LogP contribution in [0.1, 0.15) is 32.6 Å². The summed E-state index contributed by atoms with van der Waals surface area (Å²) in [4.78, 5) is 5.28. The van der Waals surface area contributed by atoms with E-state index in [4.69, 9.17) is 0 Å². The number of fused-ring (bicyclic) bond motifs is 3. The van der Waals surface area contributed by atoms with Gasteiger partial charge in [0.2, 0.25) is 0 Å². The Morgan fingerprint density at radius 3 is 2.44 bits per heavy atom. The molecule has 18 heavy (non-hydrogen) atoms. The maximum absolute atomic E-state index is 3.86. The second-order valence-corrected chi connectivity index (χ2v) is 6.77. The highest BCUT2D eigenvalue weighted by molar-refractivity contribution is 4.91. The summed E-state index contributed by atoms with van der Waals surface area (Å²) in [6, 6.07) is 0.786. The van der Waals surface area contributed by atoms with Crippen molar-refractivity contribution in [2.24, 2.45) is 11.8 Å². The van der Waals surface area contributed by atoms with E-state index in [1.54, 1.807) is 0 Å². The zero-order valence-electron chi connectivity index (χ0n) is 11.9. The molecule has 4 rings (SSSR count). The van der Waals surface area contributed by atoms with Crippen LogP contribution in [-0.2, 0) is 0 Å². The summed E-state index contributed by atoms with van der Waals surface area (Å²) in [6.45, 7) is 11.6. The summed E-state index contributed by atoms with van der Waals surface area (Å²) < 4.78 is 0. The maximum Gasteiger partial charge on any atom is 0.0224 e. The zero-order chi connectivity index (χ0) is 12.4. The van der Waals surface area contributed by atoms with Crippen LogP contribution < -0.4 is 5.32 Å². The molecule has 0 saturated carbocycles. The third-order valence-electron chi connectivity index (χ3n) is 5.15. The van der Waals surface area contributed by atoms with E-state index in [2.05, 4.69) is 22.0 Å². The zero-order valence-corrected chi connectivity index (χ0v) is 11.9. The highest BCUT2D eigenvalue weighted by atomic mass is 15.2. The lowest BCUT2D eigenvalue weighted by Gasteiger charge is -2.45. The van der Waals surface area contributed by atoms with Crippen molar-refractivity contribution >= 4 is 0 Å². The fourth-order valence-corrected chi connectivity index (χ4v) is 4.02. The Morgan fingerprint density at radius 1 is 1.11 bits per heavy atom. The molecule has 4 aliphatic heterocycles. The molecule has 2 bridgehead atoms. The van der Waals surface area contributed by atoms with Gasteiger partial charge in [-0.2, -0.15) is 0 Å². The molecule has 2 atom stereocenters. The molecule has 4 aliphatic rings. The van der Waals surface area contributed by atoms with Gasteiger partial charge in [0, 0.05) is 19.1 Å². The number of rotatable bonds is 5. The van der Waals surface area contributed by atoms with Crippen LogP contribution >= 0.6 is 0 Å². The second-order valence-electron chi connectivity index (χ2n) is 6.77. The minimum atomic E-state index is 0.786. The molecule has 1 N–H and O–H groups in total. The molecule has 3 heteroatoms. The van der Waals surface area contributed by atoms with Crippen molar-refractivity contribution in [3.63, 3.8) is 0 Å². The largest absolute Gasteiger partial charge is 0.312 e. The standard InChI is InChI=1S/C15H29N3/c1-13(11-17-6-2-3-7-17)10-16-15-12-18-8-4-14(15)5-9-18/h13-16H,2-12H2,1H3. The molecular formula is C15H29N3. The second kappa shape index (κ2) is 5.89. The van der Waals surface area contributed by atoms with E-state index in [0.29, 0.717) is 0 Å². The minimum Gasteiger partial charge on any atom is -0.312 e. The first-order valence-electron chi connectivity index (χ1n) is 7.99. The summed E-state index contributed by atoms with van der Waals surface area (Å²) in [7, 11) is 0. The predicted octanol–water partition coefficient (Wildman–Crippen LogP) is 1.40. The van der Waals surface area contributed by atoms with E-state index >= 15 is 0 Å². The Kier molecular flexibility index (Phi) is 4.22. The number of likely N-dealkylation sites (tertiary alicyclic amines) is 1. The van der Waals surface area contributed by atoms with E-state index in [0.717, 1.165) is 17.9 Å². The van der Waals surface area contributed by atoms with Crippen LogP contribution in [0.3, 0.4) is 0 Å². The Hall–Kier alpha value is -0.120. The molecule has 0 aromatic carbocycles. The topological polar surface area (TPSA) is 18.5 Å². The fourth-order valence-electron chi connectivity index (χ4n) is 4.02. The fraction of sp³-hybridized carbons (Fsp3) is 1.00. The molecule has 3 nitrogen and oxygen atoms in total. The molecule has 0 spiro atoms. The molecule has 0 aromatic heterocycles. The average molecular weight is 251 g/mol. The van der Waals surface area contributed by atoms with E-state index in [-0.39, 0.29) is 0 Å². The highest BCUT2D eigenvalue weighted by Crippen LogP contribution is 2.27. The van der Waals surface area contributed by atoms with Gasteiger partial charge in [-0.3, -0.25) is 0 Å². The minimum absolute atomic E-state index is 0.786. The van der Waals surface area contributed by atoms with Gasteiger partial charge >= 0.3 is 0 Å². The number of hydrogen-bond donors (Lipinski definition) is 1. The number of piperidine rings is 3. The normalized spacial score (nSPS) is 38.2. The first-order valence-corrected chi connectivity index (χ1v) is 7.99. The molecule has 0 aromatic rings. The summed E-state index contributed by atoms with van der Waals surface area (Å²) in [5.74, 6) is 1.77. The highest BCUT2D eigenvalue weighted by Gasteiger charge is 2.33. The summed E-state index contributed by atoms with van der Waals surface area (Å²) >= 11 is 0. The molecule has 0 radical (unpaired) electrons. The Balaban J connectivity index is 1.38. The van der Waals surface area contributed by atoms with Gasteiger partial charge in [-0.1, -0.05) is 6.92 Å². The van der Waals surface area contributed by atoms with Gasteiger partial charge in [-0.15, -0.1) is 0 Å². The van der Waals surface area contributed by atoms with Gasteiger partial charge in [-0.05, 0) is 70.2 Å². The molecule has 2 unspecified atom stereocenters. The van der Waals surface area contributed by atoms with Gasteiger partial charge in [0.05, 0.1) is 0 Å². The lowest BCUT2D eigenvalue weighted by Crippen LogP contribution is -2.56. The Morgan fingerprint density at radius 2 is 1.83 bits per heavy atom. The lowest BCUT2D eigenvalue weighted by molar-refractivity contribution is 0.0703. The van der Waals surface area contributed by atoms with Crippen LogP contribution in [0.2, 0.25) is 0 Å². The summed E-state index contributed by atoms with van der Waals surface area (Å²) in [5.41, 5.74) is 0. The first-order chi connectivity index (χ1) is 8.81. The van der Waals surface area contributed by atoms with E-state index in [1.165, 1.54) is 71.5 Å². The predicted molar refractivity (Wildman–Crippen MR) is 75.8 cm³/mol. The van der Waals surface area contributed by atoms with Crippen molar-refractivity contribution in [3.05, 3.63) is 0 Å². The van der Waals surface area contributed by atoms with Crippen molar-refractivity contribution < 1.29 is 0 Å². The van der Waals surface area contributed by atoms with Crippen LogP contribution in [0.5, 0.6) is 0 Å². The van der Waals surface area contributed by atoms with Gasteiger partial charge in [0.1, 0.15) is 0 Å². The van der Waals surface area contributed by atoms with Crippen LogP contribution in [0.4, 0.5) is 0 Å². The molecule has 4 fully saturated rings. The van der Waals surface area contributed by atoms with Crippen LogP contribution in [0.15, 0.2) is 0 Å². The van der Waals surface area contributed by atoms with E-state index in [9.17, 15) is 0 Å². The number of hydrogen-bond acceptors (Lipinski definition) is 3. The van der Waals surface area contributed by atoms with Crippen molar-refractivity contribution in [3.8, 4) is 0 Å². The van der Waals surface area contributed by atoms with Crippen LogP contribution in [0, 0.1) is 11.8 Å². The van der Waals surface area contributed by atoms with Crippen molar-refractivity contribution in [1.82, 2.24) is 15.1 Å². The Labute approximate surface area is 112 Å². The van der Waals surface area contributed by atoms with E-state index < -0.39 is 0 Å². The first kappa shape index (κ1) is 12.9. The third-order valence-corrected chi connectivity index (χ3v) is 5.15. The van der Waals surface area contributed by atoms with Gasteiger partial charge in [0.25, 0.3) is 0 Å². The molecule has 104 valence electrons. The molecule has 4 heterocycles. The number of nitrogens with zero attached hydrogens (tertiary/aromatic N) is 2. The maximum atomic E-state index is 3.86.